The second kappa shape index (κ2) is 2.31. The molecule has 1 heterocycles. The Bertz CT molecular complexity index is 96.6. The van der Waals surface area contributed by atoms with Crippen molar-refractivity contribution in [3.63, 3.8) is 0 Å². The van der Waals surface area contributed by atoms with E-state index in [4.69, 9.17) is 4.74 Å². The van der Waals surface area contributed by atoms with E-state index in [2.05, 4.69) is 13.5 Å². The van der Waals surface area contributed by atoms with Gasteiger partial charge in [0.25, 0.3) is 0 Å². The van der Waals surface area contributed by atoms with Crippen LogP contribution in [0.1, 0.15) is 19.8 Å². The van der Waals surface area contributed by atoms with Gasteiger partial charge in [0.15, 0.2) is 0 Å². The van der Waals surface area contributed by atoms with E-state index in [0.29, 0.717) is 6.10 Å². The van der Waals surface area contributed by atoms with Gasteiger partial charge < -0.3 is 4.74 Å². The molecule has 0 bridgehead atoms. The average Bonchev–Trinajstić information content (AvgIpc) is 2.14. The first kappa shape index (κ1) is 5.83. The van der Waals surface area contributed by atoms with Gasteiger partial charge in [-0.3, -0.25) is 0 Å². The van der Waals surface area contributed by atoms with Crippen LogP contribution in [0, 0.1) is 0 Å². The minimum absolute atomic E-state index is 0.475. The smallest absolute Gasteiger partial charge is 0.0679 e. The molecule has 0 N–H and O–H groups in total. The molecule has 0 saturated carbocycles. The van der Waals surface area contributed by atoms with Gasteiger partial charge in [0, 0.05) is 0 Å². The molecule has 8 heavy (non-hydrogen) atoms. The van der Waals surface area contributed by atoms with Crippen molar-refractivity contribution in [2.24, 2.45) is 0 Å². The first-order chi connectivity index (χ1) is 3.83. The second-order valence-corrected chi connectivity index (χ2v) is 2.30. The van der Waals surface area contributed by atoms with Crippen molar-refractivity contribution in [3.05, 3.63) is 12.2 Å². The Morgan fingerprint density at radius 3 is 2.88 bits per heavy atom. The Morgan fingerprint density at radius 1 is 1.88 bits per heavy atom. The highest BCUT2D eigenvalue weighted by Gasteiger charge is 2.15. The summed E-state index contributed by atoms with van der Waals surface area (Å²) in [5, 5.41) is 0. The van der Waals surface area contributed by atoms with E-state index in [1.807, 2.05) is 0 Å². The molecule has 1 heteroatoms. The molecule has 0 aliphatic carbocycles. The highest BCUT2D eigenvalue weighted by atomic mass is 16.5. The highest BCUT2D eigenvalue weighted by Crippen LogP contribution is 2.18. The fourth-order valence-electron chi connectivity index (χ4n) is 0.938. The van der Waals surface area contributed by atoms with E-state index in [9.17, 15) is 0 Å². The van der Waals surface area contributed by atoms with Gasteiger partial charge in [-0.05, 0) is 18.4 Å². The van der Waals surface area contributed by atoms with Gasteiger partial charge in [0.1, 0.15) is 0 Å². The molecule has 0 aromatic carbocycles. The van der Waals surface area contributed by atoms with Crippen LogP contribution < -0.4 is 0 Å². The maximum absolute atomic E-state index is 5.31. The molecule has 0 radical (unpaired) electrons. The molecule has 1 atom stereocenters. The third-order valence-electron chi connectivity index (χ3n) is 1.49. The van der Waals surface area contributed by atoms with Gasteiger partial charge in [-0.15, -0.1) is 0 Å². The molecule has 0 amide bonds. The van der Waals surface area contributed by atoms with Gasteiger partial charge in [-0.2, -0.15) is 0 Å². The summed E-state index contributed by atoms with van der Waals surface area (Å²) in [6, 6.07) is 0. The number of hydrogen-bond donors (Lipinski definition) is 0. The van der Waals surface area contributed by atoms with Crippen LogP contribution in [0.25, 0.3) is 0 Å². The summed E-state index contributed by atoms with van der Waals surface area (Å²) in [5.74, 6) is 0. The van der Waals surface area contributed by atoms with Gasteiger partial charge in [0.05, 0.1) is 12.7 Å². The molecule has 0 spiro atoms. The predicted molar refractivity (Wildman–Crippen MR) is 33.8 cm³/mol. The number of hydrogen-bond acceptors (Lipinski definition) is 1. The quantitative estimate of drug-likeness (QED) is 0.469. The molecule has 1 fully saturated rings. The maximum Gasteiger partial charge on any atom is 0.0679 e. The first-order valence-corrected chi connectivity index (χ1v) is 3.11. The van der Waals surface area contributed by atoms with Crippen LogP contribution in [0.3, 0.4) is 0 Å². The van der Waals surface area contributed by atoms with Gasteiger partial charge in [-0.1, -0.05) is 13.5 Å². The monoisotopic (exact) mass is 112 g/mol. The second-order valence-electron chi connectivity index (χ2n) is 2.30. The minimum Gasteiger partial charge on any atom is -0.374 e. The predicted octanol–water partition coefficient (Wildman–Crippen LogP) is 1.74. The summed E-state index contributed by atoms with van der Waals surface area (Å²) < 4.78 is 5.31. The number of rotatable bonds is 1. The van der Waals surface area contributed by atoms with Crippen LogP contribution in [0.2, 0.25) is 0 Å². The van der Waals surface area contributed by atoms with E-state index in [-0.39, 0.29) is 0 Å². The van der Waals surface area contributed by atoms with E-state index in [1.54, 1.807) is 0 Å². The van der Waals surface area contributed by atoms with Crippen molar-refractivity contribution in [1.29, 1.82) is 0 Å². The molecular weight excluding hydrogens is 100 g/mol. The zero-order valence-electron chi connectivity index (χ0n) is 5.31. The lowest BCUT2D eigenvalue weighted by molar-refractivity contribution is 0.111. The van der Waals surface area contributed by atoms with Gasteiger partial charge in [-0.25, -0.2) is 0 Å². The van der Waals surface area contributed by atoms with Gasteiger partial charge in [0.2, 0.25) is 0 Å². The van der Waals surface area contributed by atoms with E-state index >= 15 is 0 Å². The molecule has 0 aromatic heterocycles. The molecule has 1 saturated heterocycles. The lowest BCUT2D eigenvalue weighted by Gasteiger charge is -2.00. The minimum atomic E-state index is 0.475. The highest BCUT2D eigenvalue weighted by molar-refractivity contribution is 5.01. The standard InChI is InChI=1S/C7H12O/c1-3-7-4-6(2)5-8-7/h7H,2-5H2,1H3/t7-/m0/s1. The normalized spacial score (nSPS) is 29.1. The molecule has 46 valence electrons. The summed E-state index contributed by atoms with van der Waals surface area (Å²) in [6.45, 7) is 6.76. The molecule has 1 nitrogen and oxygen atoms in total. The third kappa shape index (κ3) is 1.10. The van der Waals surface area contributed by atoms with Crippen molar-refractivity contribution >= 4 is 0 Å². The van der Waals surface area contributed by atoms with E-state index in [0.717, 1.165) is 19.4 Å². The lowest BCUT2D eigenvalue weighted by Crippen LogP contribution is -2.00. The topological polar surface area (TPSA) is 9.23 Å². The first-order valence-electron chi connectivity index (χ1n) is 3.11. The van der Waals surface area contributed by atoms with Crippen molar-refractivity contribution in [2.75, 3.05) is 6.61 Å². The Morgan fingerprint density at radius 2 is 2.62 bits per heavy atom. The fourth-order valence-corrected chi connectivity index (χ4v) is 0.938. The third-order valence-corrected chi connectivity index (χ3v) is 1.49. The van der Waals surface area contributed by atoms with E-state index < -0.39 is 0 Å². The van der Waals surface area contributed by atoms with Crippen molar-refractivity contribution in [1.82, 2.24) is 0 Å². The summed E-state index contributed by atoms with van der Waals surface area (Å²) in [5.41, 5.74) is 1.25. The molecule has 1 rings (SSSR count). The summed E-state index contributed by atoms with van der Waals surface area (Å²) in [4.78, 5) is 0. The SMILES string of the molecule is C=C1CO[C@@H](CC)C1. The van der Waals surface area contributed by atoms with Crippen LogP contribution in [-0.2, 0) is 4.74 Å². The van der Waals surface area contributed by atoms with Crippen LogP contribution in [0.15, 0.2) is 12.2 Å². The zero-order valence-corrected chi connectivity index (χ0v) is 5.31. The molecule has 1 aliphatic heterocycles. The Kier molecular flexibility index (Phi) is 1.69. The molecule has 0 aromatic rings. The maximum atomic E-state index is 5.31. The fraction of sp³-hybridized carbons (Fsp3) is 0.714. The van der Waals surface area contributed by atoms with Crippen LogP contribution in [-0.4, -0.2) is 12.7 Å². The van der Waals surface area contributed by atoms with Crippen molar-refractivity contribution in [2.45, 2.75) is 25.9 Å². The van der Waals surface area contributed by atoms with Crippen LogP contribution >= 0.6 is 0 Å². The Balaban J connectivity index is 2.32. The lowest BCUT2D eigenvalue weighted by atomic mass is 10.1. The summed E-state index contributed by atoms with van der Waals surface area (Å²) in [6.07, 6.45) is 2.68. The average molecular weight is 112 g/mol. The molecule has 0 unspecified atom stereocenters. The van der Waals surface area contributed by atoms with Crippen molar-refractivity contribution in [3.8, 4) is 0 Å². The summed E-state index contributed by atoms with van der Waals surface area (Å²) >= 11 is 0. The largest absolute Gasteiger partial charge is 0.374 e. The van der Waals surface area contributed by atoms with Gasteiger partial charge >= 0.3 is 0 Å². The molecule has 1 aliphatic rings. The number of ether oxygens (including phenoxy) is 1. The Hall–Kier alpha value is -0.300. The van der Waals surface area contributed by atoms with E-state index in [1.165, 1.54) is 5.57 Å². The van der Waals surface area contributed by atoms with Crippen LogP contribution in [0.5, 0.6) is 0 Å². The Labute approximate surface area is 50.3 Å². The summed E-state index contributed by atoms with van der Waals surface area (Å²) in [7, 11) is 0. The van der Waals surface area contributed by atoms with Crippen LogP contribution in [0.4, 0.5) is 0 Å². The molecular formula is C7H12O. The zero-order chi connectivity index (χ0) is 5.98. The van der Waals surface area contributed by atoms with Crippen molar-refractivity contribution < 1.29 is 4.74 Å².